The van der Waals surface area contributed by atoms with E-state index in [1.165, 1.54) is 12.1 Å². The Morgan fingerprint density at radius 1 is 1.19 bits per heavy atom. The minimum absolute atomic E-state index is 0.230. The molecule has 0 radical (unpaired) electrons. The van der Waals surface area contributed by atoms with Crippen molar-refractivity contribution in [2.45, 2.75) is 13.0 Å². The smallest absolute Gasteiger partial charge is 0.164 e. The number of benzene rings is 1. The molecular formula is C10H10F2N4. The fourth-order valence-electron chi connectivity index (χ4n) is 1.41. The van der Waals surface area contributed by atoms with Crippen molar-refractivity contribution in [2.24, 2.45) is 5.73 Å². The van der Waals surface area contributed by atoms with E-state index < -0.39 is 11.6 Å². The van der Waals surface area contributed by atoms with Crippen LogP contribution in [0.25, 0.3) is 0 Å². The second-order valence-corrected chi connectivity index (χ2v) is 3.36. The van der Waals surface area contributed by atoms with Crippen LogP contribution in [0.1, 0.15) is 17.2 Å². The first kappa shape index (κ1) is 10.7. The molecule has 0 aliphatic heterocycles. The van der Waals surface area contributed by atoms with Crippen molar-refractivity contribution in [2.75, 3.05) is 0 Å². The van der Waals surface area contributed by atoms with E-state index in [9.17, 15) is 8.78 Å². The summed E-state index contributed by atoms with van der Waals surface area (Å²) in [7, 11) is 0. The molecule has 84 valence electrons. The summed E-state index contributed by atoms with van der Waals surface area (Å²) in [6.45, 7) is 0.230. The lowest BCUT2D eigenvalue weighted by Crippen LogP contribution is -1.98. The highest BCUT2D eigenvalue weighted by molar-refractivity contribution is 5.21. The standard InChI is InChI=1S/C10H10F2N4/c11-7-1-6(2-8(12)4-7)3-9-14-10(5-13)16-15-9/h1-2,4H,3,5,13H2,(H,14,15,16). The van der Waals surface area contributed by atoms with Gasteiger partial charge in [-0.3, -0.25) is 5.10 Å². The van der Waals surface area contributed by atoms with Crippen molar-refractivity contribution >= 4 is 0 Å². The monoisotopic (exact) mass is 224 g/mol. The zero-order valence-electron chi connectivity index (χ0n) is 8.37. The molecule has 0 amide bonds. The molecule has 1 aromatic heterocycles. The van der Waals surface area contributed by atoms with E-state index in [0.717, 1.165) is 6.07 Å². The first-order chi connectivity index (χ1) is 7.67. The lowest BCUT2D eigenvalue weighted by Gasteiger charge is -1.98. The molecule has 6 heteroatoms. The second-order valence-electron chi connectivity index (χ2n) is 3.36. The van der Waals surface area contributed by atoms with Gasteiger partial charge in [-0.05, 0) is 17.7 Å². The minimum Gasteiger partial charge on any atom is -0.324 e. The molecule has 2 aromatic rings. The predicted octanol–water partition coefficient (Wildman–Crippen LogP) is 1.13. The number of aromatic nitrogens is 3. The number of nitrogens with two attached hydrogens (primary N) is 1. The van der Waals surface area contributed by atoms with Gasteiger partial charge in [-0.2, -0.15) is 5.10 Å². The van der Waals surface area contributed by atoms with Crippen LogP contribution in [0.15, 0.2) is 18.2 Å². The number of aromatic amines is 1. The van der Waals surface area contributed by atoms with Gasteiger partial charge in [-0.1, -0.05) is 0 Å². The Morgan fingerprint density at radius 2 is 1.88 bits per heavy atom. The van der Waals surface area contributed by atoms with E-state index in [1.54, 1.807) is 0 Å². The highest BCUT2D eigenvalue weighted by Gasteiger charge is 2.05. The van der Waals surface area contributed by atoms with Crippen molar-refractivity contribution in [1.29, 1.82) is 0 Å². The molecule has 4 nitrogen and oxygen atoms in total. The SMILES string of the molecule is NCc1n[nH]c(Cc2cc(F)cc(F)c2)n1. The van der Waals surface area contributed by atoms with Crippen molar-refractivity contribution < 1.29 is 8.78 Å². The fraction of sp³-hybridized carbons (Fsp3) is 0.200. The number of nitrogens with zero attached hydrogens (tertiary/aromatic N) is 2. The average Bonchev–Trinajstić information content (AvgIpc) is 2.64. The van der Waals surface area contributed by atoms with Crippen molar-refractivity contribution in [3.63, 3.8) is 0 Å². The van der Waals surface area contributed by atoms with Crippen molar-refractivity contribution in [3.8, 4) is 0 Å². The van der Waals surface area contributed by atoms with E-state index in [4.69, 9.17) is 5.73 Å². The van der Waals surface area contributed by atoms with E-state index in [0.29, 0.717) is 23.6 Å². The quantitative estimate of drug-likeness (QED) is 0.821. The zero-order valence-corrected chi connectivity index (χ0v) is 8.37. The molecule has 0 aliphatic carbocycles. The second kappa shape index (κ2) is 4.36. The molecular weight excluding hydrogens is 214 g/mol. The number of nitrogens with one attached hydrogen (secondary N) is 1. The normalized spacial score (nSPS) is 10.7. The number of hydrogen-bond donors (Lipinski definition) is 2. The lowest BCUT2D eigenvalue weighted by molar-refractivity contribution is 0.580. The van der Waals surface area contributed by atoms with Crippen LogP contribution in [0.4, 0.5) is 8.78 Å². The van der Waals surface area contributed by atoms with E-state index in [1.807, 2.05) is 0 Å². The Kier molecular flexibility index (Phi) is 2.91. The highest BCUT2D eigenvalue weighted by Crippen LogP contribution is 2.10. The summed E-state index contributed by atoms with van der Waals surface area (Å²) >= 11 is 0. The molecule has 16 heavy (non-hydrogen) atoms. The van der Waals surface area contributed by atoms with Crippen LogP contribution < -0.4 is 5.73 Å². The third kappa shape index (κ3) is 2.40. The zero-order chi connectivity index (χ0) is 11.5. The Morgan fingerprint density at radius 3 is 2.44 bits per heavy atom. The molecule has 0 spiro atoms. The average molecular weight is 224 g/mol. The topological polar surface area (TPSA) is 67.6 Å². The summed E-state index contributed by atoms with van der Waals surface area (Å²) in [6.07, 6.45) is 0.293. The summed E-state index contributed by atoms with van der Waals surface area (Å²) in [5, 5.41) is 6.49. The molecule has 0 bridgehead atoms. The molecule has 1 aromatic carbocycles. The van der Waals surface area contributed by atoms with Gasteiger partial charge in [0.2, 0.25) is 0 Å². The Balaban J connectivity index is 2.19. The van der Waals surface area contributed by atoms with E-state index in [2.05, 4.69) is 15.2 Å². The van der Waals surface area contributed by atoms with Crippen LogP contribution in [-0.2, 0) is 13.0 Å². The van der Waals surface area contributed by atoms with E-state index >= 15 is 0 Å². The number of halogens is 2. The lowest BCUT2D eigenvalue weighted by atomic mass is 10.1. The largest absolute Gasteiger partial charge is 0.324 e. The molecule has 2 rings (SSSR count). The summed E-state index contributed by atoms with van der Waals surface area (Å²) in [4.78, 5) is 4.05. The van der Waals surface area contributed by atoms with Crippen molar-refractivity contribution in [1.82, 2.24) is 15.2 Å². The Hall–Kier alpha value is -1.82. The van der Waals surface area contributed by atoms with Gasteiger partial charge < -0.3 is 5.73 Å². The summed E-state index contributed by atoms with van der Waals surface area (Å²) < 4.78 is 25.8. The third-order valence-electron chi connectivity index (χ3n) is 2.05. The maximum atomic E-state index is 12.9. The molecule has 0 atom stereocenters. The van der Waals surface area contributed by atoms with Crippen LogP contribution in [0.3, 0.4) is 0 Å². The number of rotatable bonds is 3. The van der Waals surface area contributed by atoms with Gasteiger partial charge in [0, 0.05) is 12.5 Å². The van der Waals surface area contributed by atoms with E-state index in [-0.39, 0.29) is 6.54 Å². The summed E-state index contributed by atoms with van der Waals surface area (Å²) in [6, 6.07) is 3.34. The minimum atomic E-state index is -0.603. The maximum Gasteiger partial charge on any atom is 0.164 e. The van der Waals surface area contributed by atoms with Gasteiger partial charge >= 0.3 is 0 Å². The summed E-state index contributed by atoms with van der Waals surface area (Å²) in [5.41, 5.74) is 5.84. The van der Waals surface area contributed by atoms with Crippen LogP contribution in [0.2, 0.25) is 0 Å². The molecule has 0 fully saturated rings. The van der Waals surface area contributed by atoms with Gasteiger partial charge in [-0.25, -0.2) is 13.8 Å². The first-order valence-corrected chi connectivity index (χ1v) is 4.72. The number of H-pyrrole nitrogens is 1. The van der Waals surface area contributed by atoms with Gasteiger partial charge in [0.15, 0.2) is 5.82 Å². The third-order valence-corrected chi connectivity index (χ3v) is 2.05. The Labute approximate surface area is 90.5 Å². The van der Waals surface area contributed by atoms with Gasteiger partial charge in [0.05, 0.1) is 6.54 Å². The van der Waals surface area contributed by atoms with Gasteiger partial charge in [0.25, 0.3) is 0 Å². The Bertz CT molecular complexity index is 475. The van der Waals surface area contributed by atoms with Crippen LogP contribution in [0, 0.1) is 11.6 Å². The molecule has 0 saturated heterocycles. The first-order valence-electron chi connectivity index (χ1n) is 4.72. The molecule has 0 saturated carbocycles. The predicted molar refractivity (Wildman–Crippen MR) is 53.4 cm³/mol. The van der Waals surface area contributed by atoms with Crippen LogP contribution in [-0.4, -0.2) is 15.2 Å². The van der Waals surface area contributed by atoms with Crippen LogP contribution >= 0.6 is 0 Å². The highest BCUT2D eigenvalue weighted by atomic mass is 19.1. The van der Waals surface area contributed by atoms with Gasteiger partial charge in [-0.15, -0.1) is 0 Å². The summed E-state index contributed by atoms with van der Waals surface area (Å²) in [5.74, 6) is -0.195. The fourth-order valence-corrected chi connectivity index (χ4v) is 1.41. The van der Waals surface area contributed by atoms with Gasteiger partial charge in [0.1, 0.15) is 17.5 Å². The molecule has 1 heterocycles. The maximum absolute atomic E-state index is 12.9. The van der Waals surface area contributed by atoms with Crippen molar-refractivity contribution in [3.05, 3.63) is 47.0 Å². The number of hydrogen-bond acceptors (Lipinski definition) is 3. The molecule has 0 aliphatic rings. The molecule has 0 unspecified atom stereocenters. The van der Waals surface area contributed by atoms with Crippen LogP contribution in [0.5, 0.6) is 0 Å². The molecule has 3 N–H and O–H groups in total.